The summed E-state index contributed by atoms with van der Waals surface area (Å²) < 4.78 is 0. The Morgan fingerprint density at radius 2 is 1.44 bits per heavy atom. The van der Waals surface area contributed by atoms with Crippen LogP contribution in [0.1, 0.15) is 24.0 Å². The van der Waals surface area contributed by atoms with Gasteiger partial charge in [-0.15, -0.1) is 0 Å². The SMILES string of the molecule is OC(Cc1ccccc1)(c1ccccc1)C1CC1. The first-order valence-corrected chi connectivity index (χ1v) is 6.61. The molecule has 1 heteroatoms. The van der Waals surface area contributed by atoms with Gasteiger partial charge >= 0.3 is 0 Å². The van der Waals surface area contributed by atoms with E-state index in [1.54, 1.807) is 0 Å². The summed E-state index contributed by atoms with van der Waals surface area (Å²) in [5.74, 6) is 0.417. The van der Waals surface area contributed by atoms with E-state index < -0.39 is 5.60 Å². The molecular weight excluding hydrogens is 220 g/mol. The highest BCUT2D eigenvalue weighted by atomic mass is 16.3. The van der Waals surface area contributed by atoms with Crippen molar-refractivity contribution in [2.24, 2.45) is 5.92 Å². The van der Waals surface area contributed by atoms with E-state index in [1.165, 1.54) is 5.56 Å². The molecule has 0 bridgehead atoms. The maximum atomic E-state index is 11.1. The molecule has 1 atom stereocenters. The van der Waals surface area contributed by atoms with Gasteiger partial charge in [-0.3, -0.25) is 0 Å². The number of hydrogen-bond donors (Lipinski definition) is 1. The fourth-order valence-corrected chi connectivity index (χ4v) is 2.68. The summed E-state index contributed by atoms with van der Waals surface area (Å²) in [4.78, 5) is 0. The molecule has 1 N–H and O–H groups in total. The molecule has 92 valence electrons. The van der Waals surface area contributed by atoms with E-state index in [9.17, 15) is 5.11 Å². The van der Waals surface area contributed by atoms with Crippen LogP contribution in [0.15, 0.2) is 60.7 Å². The number of rotatable bonds is 4. The number of hydrogen-bond acceptors (Lipinski definition) is 1. The Kier molecular flexibility index (Phi) is 2.92. The molecule has 1 unspecified atom stereocenters. The van der Waals surface area contributed by atoms with Crippen molar-refractivity contribution in [1.82, 2.24) is 0 Å². The lowest BCUT2D eigenvalue weighted by molar-refractivity contribution is 0.0131. The maximum Gasteiger partial charge on any atom is 0.0964 e. The third-order valence-electron chi connectivity index (χ3n) is 3.84. The Morgan fingerprint density at radius 3 is 2.00 bits per heavy atom. The Morgan fingerprint density at radius 1 is 0.889 bits per heavy atom. The molecule has 1 aliphatic rings. The van der Waals surface area contributed by atoms with E-state index in [0.29, 0.717) is 12.3 Å². The monoisotopic (exact) mass is 238 g/mol. The second-order valence-corrected chi connectivity index (χ2v) is 5.23. The van der Waals surface area contributed by atoms with Crippen LogP contribution in [0.2, 0.25) is 0 Å². The average Bonchev–Trinajstić information content (AvgIpc) is 3.25. The highest BCUT2D eigenvalue weighted by Crippen LogP contribution is 2.47. The topological polar surface area (TPSA) is 20.2 Å². The molecule has 2 aromatic carbocycles. The summed E-state index contributed by atoms with van der Waals surface area (Å²) in [6.45, 7) is 0. The normalized spacial score (nSPS) is 18.3. The van der Waals surface area contributed by atoms with Gasteiger partial charge in [0.2, 0.25) is 0 Å². The second kappa shape index (κ2) is 4.58. The molecule has 0 radical (unpaired) electrons. The Hall–Kier alpha value is -1.60. The van der Waals surface area contributed by atoms with Gasteiger partial charge in [0.15, 0.2) is 0 Å². The molecule has 3 rings (SSSR count). The quantitative estimate of drug-likeness (QED) is 0.864. The van der Waals surface area contributed by atoms with Crippen LogP contribution in [-0.2, 0) is 12.0 Å². The first-order chi connectivity index (χ1) is 8.79. The molecule has 0 heterocycles. The van der Waals surface area contributed by atoms with Crippen molar-refractivity contribution in [3.8, 4) is 0 Å². The van der Waals surface area contributed by atoms with Crippen LogP contribution in [0.4, 0.5) is 0 Å². The van der Waals surface area contributed by atoms with E-state index >= 15 is 0 Å². The number of benzene rings is 2. The third-order valence-corrected chi connectivity index (χ3v) is 3.84. The standard InChI is InChI=1S/C17H18O/c18-17(16-11-12-16,15-9-5-2-6-10-15)13-14-7-3-1-4-8-14/h1-10,16,18H,11-13H2. The van der Waals surface area contributed by atoms with E-state index in [2.05, 4.69) is 12.1 Å². The number of aliphatic hydroxyl groups is 1. The molecule has 0 aromatic heterocycles. The van der Waals surface area contributed by atoms with Crippen molar-refractivity contribution in [1.29, 1.82) is 0 Å². The average molecular weight is 238 g/mol. The summed E-state index contributed by atoms with van der Waals surface area (Å²) >= 11 is 0. The molecule has 2 aromatic rings. The van der Waals surface area contributed by atoms with Gasteiger partial charge in [-0.05, 0) is 29.9 Å². The van der Waals surface area contributed by atoms with Crippen LogP contribution < -0.4 is 0 Å². The maximum absolute atomic E-state index is 11.1. The molecular formula is C17H18O. The van der Waals surface area contributed by atoms with Crippen molar-refractivity contribution in [2.45, 2.75) is 24.9 Å². The molecule has 1 saturated carbocycles. The largest absolute Gasteiger partial charge is 0.385 e. The van der Waals surface area contributed by atoms with Crippen LogP contribution in [0.25, 0.3) is 0 Å². The van der Waals surface area contributed by atoms with Crippen LogP contribution in [-0.4, -0.2) is 5.11 Å². The van der Waals surface area contributed by atoms with E-state index in [1.807, 2.05) is 48.5 Å². The van der Waals surface area contributed by atoms with Gasteiger partial charge in [-0.2, -0.15) is 0 Å². The summed E-state index contributed by atoms with van der Waals surface area (Å²) in [5, 5.41) is 11.1. The van der Waals surface area contributed by atoms with Crippen molar-refractivity contribution >= 4 is 0 Å². The zero-order valence-electron chi connectivity index (χ0n) is 10.4. The molecule has 1 aliphatic carbocycles. The lowest BCUT2D eigenvalue weighted by atomic mass is 9.83. The van der Waals surface area contributed by atoms with Gasteiger partial charge in [0.05, 0.1) is 5.60 Å². The van der Waals surface area contributed by atoms with Gasteiger partial charge in [-0.25, -0.2) is 0 Å². The summed E-state index contributed by atoms with van der Waals surface area (Å²) in [5.41, 5.74) is 1.56. The van der Waals surface area contributed by atoms with Gasteiger partial charge in [0.1, 0.15) is 0 Å². The summed E-state index contributed by atoms with van der Waals surface area (Å²) in [6, 6.07) is 20.4. The fourth-order valence-electron chi connectivity index (χ4n) is 2.68. The van der Waals surface area contributed by atoms with Crippen LogP contribution in [0.3, 0.4) is 0 Å². The van der Waals surface area contributed by atoms with Crippen molar-refractivity contribution in [3.05, 3.63) is 71.8 Å². The van der Waals surface area contributed by atoms with E-state index in [0.717, 1.165) is 18.4 Å². The van der Waals surface area contributed by atoms with Gasteiger partial charge in [-0.1, -0.05) is 60.7 Å². The van der Waals surface area contributed by atoms with Crippen LogP contribution in [0.5, 0.6) is 0 Å². The van der Waals surface area contributed by atoms with Crippen LogP contribution >= 0.6 is 0 Å². The van der Waals surface area contributed by atoms with Gasteiger partial charge in [0.25, 0.3) is 0 Å². The lowest BCUT2D eigenvalue weighted by Gasteiger charge is -2.29. The minimum Gasteiger partial charge on any atom is -0.385 e. The first-order valence-electron chi connectivity index (χ1n) is 6.61. The zero-order valence-corrected chi connectivity index (χ0v) is 10.4. The van der Waals surface area contributed by atoms with Crippen molar-refractivity contribution < 1.29 is 5.11 Å². The van der Waals surface area contributed by atoms with Crippen molar-refractivity contribution in [2.75, 3.05) is 0 Å². The predicted octanol–water partition coefficient (Wildman–Crippen LogP) is 3.53. The highest BCUT2D eigenvalue weighted by molar-refractivity contribution is 5.29. The van der Waals surface area contributed by atoms with E-state index in [4.69, 9.17) is 0 Å². The van der Waals surface area contributed by atoms with Gasteiger partial charge in [0, 0.05) is 6.42 Å². The Balaban J connectivity index is 1.93. The third kappa shape index (κ3) is 2.19. The minimum absolute atomic E-state index is 0.417. The molecule has 0 amide bonds. The molecule has 1 nitrogen and oxygen atoms in total. The minimum atomic E-state index is -0.692. The summed E-state index contributed by atoms with van der Waals surface area (Å²) in [6.07, 6.45) is 2.99. The fraction of sp³-hybridized carbons (Fsp3) is 0.294. The highest BCUT2D eigenvalue weighted by Gasteiger charge is 2.44. The smallest absolute Gasteiger partial charge is 0.0964 e. The summed E-state index contributed by atoms with van der Waals surface area (Å²) in [7, 11) is 0. The Labute approximate surface area is 108 Å². The first kappa shape index (κ1) is 11.5. The molecule has 0 spiro atoms. The zero-order chi connectivity index (χ0) is 12.4. The van der Waals surface area contributed by atoms with Crippen molar-refractivity contribution in [3.63, 3.8) is 0 Å². The molecule has 1 fully saturated rings. The second-order valence-electron chi connectivity index (χ2n) is 5.23. The molecule has 0 aliphatic heterocycles. The van der Waals surface area contributed by atoms with E-state index in [-0.39, 0.29) is 0 Å². The molecule has 18 heavy (non-hydrogen) atoms. The van der Waals surface area contributed by atoms with Gasteiger partial charge < -0.3 is 5.11 Å². The predicted molar refractivity (Wildman–Crippen MR) is 73.2 cm³/mol. The van der Waals surface area contributed by atoms with Crippen LogP contribution in [0, 0.1) is 5.92 Å². The molecule has 0 saturated heterocycles. The lowest BCUT2D eigenvalue weighted by Crippen LogP contribution is -2.31. The Bertz CT molecular complexity index is 502.